The molecule has 9 heteroatoms. The molecule has 25 heavy (non-hydrogen) atoms. The molecule has 0 atom stereocenters. The largest absolute Gasteiger partial charge is 0.493 e. The number of hydrogen-bond acceptors (Lipinski definition) is 4. The molecule has 1 amide bonds. The highest BCUT2D eigenvalue weighted by Crippen LogP contribution is 2.30. The average Bonchev–Trinajstić information content (AvgIpc) is 2.54. The van der Waals surface area contributed by atoms with Gasteiger partial charge in [0.1, 0.15) is 5.75 Å². The summed E-state index contributed by atoms with van der Waals surface area (Å²) in [5, 5.41) is 2.44. The van der Waals surface area contributed by atoms with Gasteiger partial charge in [-0.2, -0.15) is 17.6 Å². The summed E-state index contributed by atoms with van der Waals surface area (Å²) >= 11 is 0. The third kappa shape index (κ3) is 5.27. The summed E-state index contributed by atoms with van der Waals surface area (Å²) in [6, 6.07) is 9.08. The molecule has 0 spiro atoms. The van der Waals surface area contributed by atoms with Crippen LogP contribution in [0.1, 0.15) is 10.4 Å². The van der Waals surface area contributed by atoms with Crippen LogP contribution >= 0.6 is 0 Å². The maximum Gasteiger partial charge on any atom is 0.387 e. The molecule has 0 heterocycles. The maximum absolute atomic E-state index is 12.4. The van der Waals surface area contributed by atoms with E-state index in [0.717, 1.165) is 6.07 Å². The smallest absolute Gasteiger partial charge is 0.387 e. The molecule has 2 aromatic rings. The molecule has 0 fully saturated rings. The minimum absolute atomic E-state index is 0.0108. The van der Waals surface area contributed by atoms with Crippen LogP contribution in [0.3, 0.4) is 0 Å². The van der Waals surface area contributed by atoms with Crippen molar-refractivity contribution < 1.29 is 36.6 Å². The molecule has 0 unspecified atom stereocenters. The molecule has 0 saturated carbocycles. The van der Waals surface area contributed by atoms with E-state index < -0.39 is 19.1 Å². The molecule has 0 saturated heterocycles. The van der Waals surface area contributed by atoms with Crippen molar-refractivity contribution >= 4 is 11.6 Å². The van der Waals surface area contributed by atoms with Gasteiger partial charge in [-0.3, -0.25) is 4.79 Å². The molecule has 0 aliphatic carbocycles. The fourth-order valence-electron chi connectivity index (χ4n) is 1.96. The van der Waals surface area contributed by atoms with E-state index in [9.17, 15) is 22.4 Å². The lowest BCUT2D eigenvalue weighted by atomic mass is 10.2. The van der Waals surface area contributed by atoms with E-state index in [2.05, 4.69) is 14.8 Å². The molecular weight excluding hydrogens is 346 g/mol. The zero-order valence-corrected chi connectivity index (χ0v) is 12.8. The van der Waals surface area contributed by atoms with Crippen LogP contribution in [0, 0.1) is 0 Å². The van der Waals surface area contributed by atoms with Crippen molar-refractivity contribution in [1.82, 2.24) is 0 Å². The normalized spacial score (nSPS) is 10.7. The number of halogens is 4. The summed E-state index contributed by atoms with van der Waals surface area (Å²) in [7, 11) is 1.27. The number of carbonyl (C=O) groups is 1. The first kappa shape index (κ1) is 18.4. The van der Waals surface area contributed by atoms with E-state index >= 15 is 0 Å². The minimum atomic E-state index is -3.09. The zero-order valence-electron chi connectivity index (χ0n) is 12.8. The quantitative estimate of drug-likeness (QED) is 0.755. The number of benzene rings is 2. The number of nitrogens with one attached hydrogen (secondary N) is 1. The second-order valence-corrected chi connectivity index (χ2v) is 4.60. The summed E-state index contributed by atoms with van der Waals surface area (Å²) in [4.78, 5) is 12.2. The minimum Gasteiger partial charge on any atom is -0.493 e. The number of alkyl halides is 4. The van der Waals surface area contributed by atoms with Crippen molar-refractivity contribution in [2.75, 3.05) is 12.4 Å². The van der Waals surface area contributed by atoms with Gasteiger partial charge < -0.3 is 19.5 Å². The van der Waals surface area contributed by atoms with Crippen LogP contribution < -0.4 is 19.5 Å². The van der Waals surface area contributed by atoms with E-state index in [4.69, 9.17) is 4.74 Å². The first-order chi connectivity index (χ1) is 11.9. The number of ether oxygens (including phenoxy) is 3. The van der Waals surface area contributed by atoms with Gasteiger partial charge in [0.15, 0.2) is 11.5 Å². The molecule has 0 aliphatic heterocycles. The molecule has 0 aliphatic rings. The number of amides is 1. The Bertz CT molecular complexity index is 740. The van der Waals surface area contributed by atoms with E-state index in [1.165, 1.54) is 43.5 Å². The molecule has 0 radical (unpaired) electrons. The van der Waals surface area contributed by atoms with Gasteiger partial charge in [-0.05, 0) is 30.3 Å². The molecule has 2 aromatic carbocycles. The Morgan fingerprint density at radius 3 is 2.32 bits per heavy atom. The van der Waals surface area contributed by atoms with Gasteiger partial charge in [0, 0.05) is 17.3 Å². The first-order valence-corrected chi connectivity index (χ1v) is 6.88. The highest BCUT2D eigenvalue weighted by molar-refractivity contribution is 6.04. The fourth-order valence-corrected chi connectivity index (χ4v) is 1.96. The Morgan fingerprint density at radius 2 is 1.68 bits per heavy atom. The van der Waals surface area contributed by atoms with Crippen molar-refractivity contribution in [2.45, 2.75) is 13.2 Å². The third-order valence-electron chi connectivity index (χ3n) is 2.96. The van der Waals surface area contributed by atoms with Gasteiger partial charge in [0.25, 0.3) is 5.91 Å². The highest BCUT2D eigenvalue weighted by atomic mass is 19.3. The van der Waals surface area contributed by atoms with E-state index in [0.29, 0.717) is 0 Å². The zero-order chi connectivity index (χ0) is 18.4. The van der Waals surface area contributed by atoms with Crippen molar-refractivity contribution in [1.29, 1.82) is 0 Å². The summed E-state index contributed by atoms with van der Waals surface area (Å²) in [6.45, 7) is -6.09. The van der Waals surface area contributed by atoms with Crippen LogP contribution in [0.25, 0.3) is 0 Å². The van der Waals surface area contributed by atoms with Gasteiger partial charge in [0.2, 0.25) is 0 Å². The van der Waals surface area contributed by atoms with Crippen molar-refractivity contribution in [3.8, 4) is 17.2 Å². The van der Waals surface area contributed by atoms with Crippen molar-refractivity contribution in [3.63, 3.8) is 0 Å². The Hall–Kier alpha value is -2.97. The summed E-state index contributed by atoms with van der Waals surface area (Å²) in [6.07, 6.45) is 0. The van der Waals surface area contributed by atoms with Crippen molar-refractivity contribution in [2.24, 2.45) is 0 Å². The third-order valence-corrected chi connectivity index (χ3v) is 2.96. The topological polar surface area (TPSA) is 56.8 Å². The van der Waals surface area contributed by atoms with Gasteiger partial charge in [-0.15, -0.1) is 0 Å². The molecule has 1 N–H and O–H groups in total. The summed E-state index contributed by atoms with van der Waals surface area (Å²) in [5.41, 5.74) is 0.201. The fraction of sp³-hybridized carbons (Fsp3) is 0.188. The molecule has 0 aromatic heterocycles. The Kier molecular flexibility index (Phi) is 6.04. The Labute approximate surface area is 140 Å². The number of hydrogen-bond donors (Lipinski definition) is 1. The van der Waals surface area contributed by atoms with E-state index in [1.807, 2.05) is 0 Å². The average molecular weight is 359 g/mol. The SMILES string of the molecule is COc1ccc(C(=O)Nc2cccc(OC(F)F)c2)cc1OC(F)F. The maximum atomic E-state index is 12.4. The number of carbonyl (C=O) groups excluding carboxylic acids is 1. The Morgan fingerprint density at radius 1 is 0.960 bits per heavy atom. The van der Waals surface area contributed by atoms with Crippen molar-refractivity contribution in [3.05, 3.63) is 48.0 Å². The van der Waals surface area contributed by atoms with Gasteiger partial charge in [-0.1, -0.05) is 6.07 Å². The summed E-state index contributed by atoms with van der Waals surface area (Å²) in [5.74, 6) is -1.07. The predicted molar refractivity (Wildman–Crippen MR) is 80.7 cm³/mol. The molecular formula is C16H13F4NO4. The standard InChI is InChI=1S/C16H13F4NO4/c1-23-12-6-5-9(7-13(12)25-16(19)20)14(22)21-10-3-2-4-11(8-10)24-15(17)18/h2-8,15-16H,1H3,(H,21,22). The lowest BCUT2D eigenvalue weighted by Gasteiger charge is -2.12. The van der Waals surface area contributed by atoms with Gasteiger partial charge in [-0.25, -0.2) is 0 Å². The van der Waals surface area contributed by atoms with Crippen LogP contribution in [0.5, 0.6) is 17.2 Å². The summed E-state index contributed by atoms with van der Waals surface area (Å²) < 4.78 is 62.6. The molecule has 0 bridgehead atoms. The van der Waals surface area contributed by atoms with Crippen LogP contribution in [-0.4, -0.2) is 26.2 Å². The number of anilines is 1. The first-order valence-electron chi connectivity index (χ1n) is 6.88. The highest BCUT2D eigenvalue weighted by Gasteiger charge is 2.15. The number of rotatable bonds is 7. The lowest BCUT2D eigenvalue weighted by molar-refractivity contribution is -0.0515. The van der Waals surface area contributed by atoms with E-state index in [-0.39, 0.29) is 28.5 Å². The second-order valence-electron chi connectivity index (χ2n) is 4.60. The van der Waals surface area contributed by atoms with Crippen LogP contribution in [0.4, 0.5) is 23.2 Å². The van der Waals surface area contributed by atoms with Gasteiger partial charge >= 0.3 is 13.2 Å². The second kappa shape index (κ2) is 8.22. The van der Waals surface area contributed by atoms with Crippen LogP contribution in [-0.2, 0) is 0 Å². The number of methoxy groups -OCH3 is 1. The van der Waals surface area contributed by atoms with Crippen LogP contribution in [0.15, 0.2) is 42.5 Å². The predicted octanol–water partition coefficient (Wildman–Crippen LogP) is 4.15. The van der Waals surface area contributed by atoms with E-state index in [1.54, 1.807) is 0 Å². The Balaban J connectivity index is 2.18. The molecule has 2 rings (SSSR count). The lowest BCUT2D eigenvalue weighted by Crippen LogP contribution is -2.13. The molecule has 134 valence electrons. The van der Waals surface area contributed by atoms with Crippen LogP contribution in [0.2, 0.25) is 0 Å². The molecule has 5 nitrogen and oxygen atoms in total. The van der Waals surface area contributed by atoms with Gasteiger partial charge in [0.05, 0.1) is 7.11 Å². The monoisotopic (exact) mass is 359 g/mol.